The number of amides is 1. The first-order chi connectivity index (χ1) is 12.2. The Kier molecular flexibility index (Phi) is 5.00. The number of carbonyl (C=O) groups excluding carboxylic acids is 1. The van der Waals surface area contributed by atoms with Crippen LogP contribution in [-0.4, -0.2) is 19.6 Å². The number of anilines is 1. The Labute approximate surface area is 146 Å². The van der Waals surface area contributed by atoms with Gasteiger partial charge in [0.1, 0.15) is 18.1 Å². The molecule has 0 heterocycles. The fraction of sp³-hybridized carbons (Fsp3) is 0.0952. The summed E-state index contributed by atoms with van der Waals surface area (Å²) in [5, 5.41) is 4.90. The molecule has 0 aliphatic carbocycles. The van der Waals surface area contributed by atoms with E-state index in [9.17, 15) is 4.79 Å². The highest BCUT2D eigenvalue weighted by Crippen LogP contribution is 2.27. The first-order valence-corrected chi connectivity index (χ1v) is 7.93. The number of fused-ring (bicyclic) bond motifs is 1. The topological polar surface area (TPSA) is 47.6 Å². The van der Waals surface area contributed by atoms with Crippen molar-refractivity contribution in [1.82, 2.24) is 0 Å². The average Bonchev–Trinajstić information content (AvgIpc) is 2.65. The van der Waals surface area contributed by atoms with E-state index >= 15 is 0 Å². The molecular weight excluding hydrogens is 314 g/mol. The van der Waals surface area contributed by atoms with Gasteiger partial charge in [0.05, 0.1) is 12.7 Å². The highest BCUT2D eigenvalue weighted by atomic mass is 16.5. The van der Waals surface area contributed by atoms with E-state index in [-0.39, 0.29) is 5.91 Å². The number of carbonyl (C=O) groups is 1. The maximum Gasteiger partial charge on any atom is 0.259 e. The van der Waals surface area contributed by atoms with E-state index in [1.165, 1.54) is 0 Å². The third kappa shape index (κ3) is 3.80. The standard InChI is InChI=1S/C21H19NO3/c1-3-11-25-18-10-6-9-17(14-18)22-21(23)19-12-15-7-4-5-8-16(15)13-20(19)24-2/h3-10,12-14H,1,11H2,2H3,(H,22,23). The van der Waals surface area contributed by atoms with Crippen molar-refractivity contribution in [3.8, 4) is 11.5 Å². The van der Waals surface area contributed by atoms with Gasteiger partial charge < -0.3 is 14.8 Å². The fourth-order valence-electron chi connectivity index (χ4n) is 2.58. The van der Waals surface area contributed by atoms with Crippen LogP contribution in [0, 0.1) is 0 Å². The minimum Gasteiger partial charge on any atom is -0.496 e. The molecule has 0 saturated carbocycles. The summed E-state index contributed by atoms with van der Waals surface area (Å²) < 4.78 is 10.9. The SMILES string of the molecule is C=CCOc1cccc(NC(=O)c2cc3ccccc3cc2OC)c1. The molecule has 4 nitrogen and oxygen atoms in total. The largest absolute Gasteiger partial charge is 0.496 e. The number of benzene rings is 3. The van der Waals surface area contributed by atoms with Crippen molar-refractivity contribution in [2.45, 2.75) is 0 Å². The third-order valence-corrected chi connectivity index (χ3v) is 3.77. The maximum absolute atomic E-state index is 12.7. The van der Waals surface area contributed by atoms with Gasteiger partial charge in [-0.25, -0.2) is 0 Å². The van der Waals surface area contributed by atoms with Crippen molar-refractivity contribution in [3.05, 3.63) is 78.9 Å². The van der Waals surface area contributed by atoms with Gasteiger partial charge in [0.25, 0.3) is 5.91 Å². The summed E-state index contributed by atoms with van der Waals surface area (Å²) in [6.07, 6.45) is 1.67. The second-order valence-electron chi connectivity index (χ2n) is 5.48. The predicted molar refractivity (Wildman–Crippen MR) is 101 cm³/mol. The summed E-state index contributed by atoms with van der Waals surface area (Å²) in [4.78, 5) is 12.7. The molecule has 4 heteroatoms. The van der Waals surface area contributed by atoms with Gasteiger partial charge in [-0.3, -0.25) is 4.79 Å². The van der Waals surface area contributed by atoms with Gasteiger partial charge in [0.15, 0.2) is 0 Å². The van der Waals surface area contributed by atoms with E-state index in [1.54, 1.807) is 19.3 Å². The summed E-state index contributed by atoms with van der Waals surface area (Å²) in [5.74, 6) is 0.974. The van der Waals surface area contributed by atoms with Crippen LogP contribution >= 0.6 is 0 Å². The lowest BCUT2D eigenvalue weighted by Gasteiger charge is -2.12. The van der Waals surface area contributed by atoms with Crippen molar-refractivity contribution in [2.75, 3.05) is 19.0 Å². The first kappa shape index (κ1) is 16.6. The summed E-state index contributed by atoms with van der Waals surface area (Å²) in [6.45, 7) is 4.03. The summed E-state index contributed by atoms with van der Waals surface area (Å²) in [5.41, 5.74) is 1.14. The van der Waals surface area contributed by atoms with E-state index in [2.05, 4.69) is 11.9 Å². The fourth-order valence-corrected chi connectivity index (χ4v) is 2.58. The lowest BCUT2D eigenvalue weighted by molar-refractivity contribution is 0.102. The molecule has 0 unspecified atom stereocenters. The van der Waals surface area contributed by atoms with E-state index < -0.39 is 0 Å². The molecule has 0 aromatic heterocycles. The van der Waals surface area contributed by atoms with Gasteiger partial charge in [0.2, 0.25) is 0 Å². The third-order valence-electron chi connectivity index (χ3n) is 3.77. The van der Waals surface area contributed by atoms with Crippen LogP contribution in [0.15, 0.2) is 73.3 Å². The van der Waals surface area contributed by atoms with Crippen LogP contribution in [0.5, 0.6) is 11.5 Å². The van der Waals surface area contributed by atoms with Crippen molar-refractivity contribution in [3.63, 3.8) is 0 Å². The van der Waals surface area contributed by atoms with E-state index in [4.69, 9.17) is 9.47 Å². The zero-order valence-electron chi connectivity index (χ0n) is 14.0. The quantitative estimate of drug-likeness (QED) is 0.667. The molecule has 3 aromatic rings. The zero-order chi connectivity index (χ0) is 17.6. The van der Waals surface area contributed by atoms with Crippen molar-refractivity contribution >= 4 is 22.4 Å². The lowest BCUT2D eigenvalue weighted by Crippen LogP contribution is -2.13. The molecule has 0 radical (unpaired) electrons. The Hall–Kier alpha value is -3.27. The van der Waals surface area contributed by atoms with Gasteiger partial charge in [-0.1, -0.05) is 43.0 Å². The smallest absolute Gasteiger partial charge is 0.259 e. The Bertz CT molecular complexity index is 918. The molecule has 126 valence electrons. The molecule has 3 aromatic carbocycles. The number of hydrogen-bond donors (Lipinski definition) is 1. The average molecular weight is 333 g/mol. The monoisotopic (exact) mass is 333 g/mol. The van der Waals surface area contributed by atoms with E-state index in [0.717, 1.165) is 10.8 Å². The molecule has 0 spiro atoms. The van der Waals surface area contributed by atoms with Crippen molar-refractivity contribution < 1.29 is 14.3 Å². The molecule has 0 bridgehead atoms. The molecular formula is C21H19NO3. The Morgan fingerprint density at radius 1 is 1.08 bits per heavy atom. The second-order valence-corrected chi connectivity index (χ2v) is 5.48. The number of ether oxygens (including phenoxy) is 2. The van der Waals surface area contributed by atoms with Crippen LogP contribution in [0.4, 0.5) is 5.69 Å². The molecule has 0 aliphatic rings. The van der Waals surface area contributed by atoms with Crippen LogP contribution in [0.3, 0.4) is 0 Å². The summed E-state index contributed by atoms with van der Waals surface area (Å²) in [6, 6.07) is 18.8. The summed E-state index contributed by atoms with van der Waals surface area (Å²) >= 11 is 0. The number of hydrogen-bond acceptors (Lipinski definition) is 3. The molecule has 0 fully saturated rings. The van der Waals surface area contributed by atoms with Gasteiger partial charge in [-0.15, -0.1) is 0 Å². The van der Waals surface area contributed by atoms with Gasteiger partial charge in [-0.05, 0) is 35.0 Å². The van der Waals surface area contributed by atoms with Crippen LogP contribution in [0.2, 0.25) is 0 Å². The molecule has 1 N–H and O–H groups in total. The van der Waals surface area contributed by atoms with Gasteiger partial charge in [-0.2, -0.15) is 0 Å². The van der Waals surface area contributed by atoms with Crippen LogP contribution in [-0.2, 0) is 0 Å². The highest BCUT2D eigenvalue weighted by Gasteiger charge is 2.14. The highest BCUT2D eigenvalue weighted by molar-refractivity contribution is 6.08. The minimum absolute atomic E-state index is 0.233. The van der Waals surface area contributed by atoms with Gasteiger partial charge in [0, 0.05) is 11.8 Å². The van der Waals surface area contributed by atoms with E-state index in [0.29, 0.717) is 29.4 Å². The first-order valence-electron chi connectivity index (χ1n) is 7.93. The van der Waals surface area contributed by atoms with Gasteiger partial charge >= 0.3 is 0 Å². The Morgan fingerprint density at radius 3 is 2.56 bits per heavy atom. The number of methoxy groups -OCH3 is 1. The van der Waals surface area contributed by atoms with Crippen LogP contribution < -0.4 is 14.8 Å². The molecule has 0 atom stereocenters. The van der Waals surface area contributed by atoms with Crippen molar-refractivity contribution in [2.24, 2.45) is 0 Å². The maximum atomic E-state index is 12.7. The molecule has 0 aliphatic heterocycles. The Morgan fingerprint density at radius 2 is 1.84 bits per heavy atom. The lowest BCUT2D eigenvalue weighted by atomic mass is 10.1. The van der Waals surface area contributed by atoms with Crippen LogP contribution in [0.1, 0.15) is 10.4 Å². The minimum atomic E-state index is -0.233. The number of rotatable bonds is 6. The zero-order valence-corrected chi connectivity index (χ0v) is 14.0. The molecule has 1 amide bonds. The van der Waals surface area contributed by atoms with Crippen molar-refractivity contribution in [1.29, 1.82) is 0 Å². The normalized spacial score (nSPS) is 10.3. The summed E-state index contributed by atoms with van der Waals surface area (Å²) in [7, 11) is 1.56. The second kappa shape index (κ2) is 7.53. The predicted octanol–water partition coefficient (Wildman–Crippen LogP) is 4.67. The number of nitrogens with one attached hydrogen (secondary N) is 1. The van der Waals surface area contributed by atoms with E-state index in [1.807, 2.05) is 54.6 Å². The molecule has 0 saturated heterocycles. The molecule has 3 rings (SSSR count). The Balaban J connectivity index is 1.88. The molecule has 25 heavy (non-hydrogen) atoms. The van der Waals surface area contributed by atoms with Crippen LogP contribution in [0.25, 0.3) is 10.8 Å².